The Balaban J connectivity index is 1.40. The molecule has 7 nitrogen and oxygen atoms in total. The standard InChI is InChI=1S/C33H36ClN3O4S/c1-32-16-8-18-35(22-23-10-4-2-5-11-23)29(39)26(32)27-30(40)37(19-6-3-7-21-38)28-31(41)36(20-9-17-33(27,28)42-32)25-14-12-24(34)13-15-25/h2,4-5,8-17,26-28,38H,3,6-7,18-22H2,1H3/t26-,27+,28?,32+,33+/m1/s1. The Kier molecular flexibility index (Phi) is 7.98. The fraction of sp³-hybridized carbons (Fsp3) is 0.424. The fourth-order valence-corrected chi connectivity index (χ4v) is 9.47. The van der Waals surface area contributed by atoms with Crippen molar-refractivity contribution in [3.05, 3.63) is 89.5 Å². The lowest BCUT2D eigenvalue weighted by Crippen LogP contribution is -2.53. The van der Waals surface area contributed by atoms with Crippen LogP contribution in [0.4, 0.5) is 5.69 Å². The molecule has 1 spiro atoms. The number of benzene rings is 2. The number of thioether (sulfide) groups is 1. The first-order valence-corrected chi connectivity index (χ1v) is 15.8. The average molecular weight is 606 g/mol. The third-order valence-corrected chi connectivity index (χ3v) is 11.1. The first-order valence-electron chi connectivity index (χ1n) is 14.7. The molecule has 1 N–H and O–H groups in total. The number of rotatable bonds is 8. The van der Waals surface area contributed by atoms with Gasteiger partial charge in [-0.3, -0.25) is 14.4 Å². The van der Waals surface area contributed by atoms with Gasteiger partial charge in [0.05, 0.1) is 16.6 Å². The zero-order chi connectivity index (χ0) is 29.5. The van der Waals surface area contributed by atoms with Crippen LogP contribution in [0.1, 0.15) is 31.7 Å². The van der Waals surface area contributed by atoms with Crippen LogP contribution in [0.3, 0.4) is 0 Å². The lowest BCUT2D eigenvalue weighted by molar-refractivity contribution is -0.144. The van der Waals surface area contributed by atoms with Crippen LogP contribution in [-0.2, 0) is 20.9 Å². The Morgan fingerprint density at radius 2 is 1.62 bits per heavy atom. The van der Waals surface area contributed by atoms with E-state index in [9.17, 15) is 19.5 Å². The van der Waals surface area contributed by atoms with Crippen molar-refractivity contribution in [3.63, 3.8) is 0 Å². The van der Waals surface area contributed by atoms with Crippen LogP contribution in [-0.4, -0.2) is 74.4 Å². The van der Waals surface area contributed by atoms with E-state index in [1.165, 1.54) is 0 Å². The molecule has 0 radical (unpaired) electrons. The Bertz CT molecular complexity index is 1420. The number of hydrogen-bond donors (Lipinski definition) is 1. The van der Waals surface area contributed by atoms with Crippen LogP contribution < -0.4 is 4.90 Å². The van der Waals surface area contributed by atoms with E-state index >= 15 is 0 Å². The number of hydrogen-bond acceptors (Lipinski definition) is 5. The highest BCUT2D eigenvalue weighted by molar-refractivity contribution is 8.02. The number of aliphatic hydroxyl groups excluding tert-OH is 1. The summed E-state index contributed by atoms with van der Waals surface area (Å²) in [5.74, 6) is -1.61. The molecule has 9 heteroatoms. The number of halogens is 1. The molecule has 220 valence electrons. The third kappa shape index (κ3) is 4.87. The number of carbonyl (C=O) groups is 3. The maximum absolute atomic E-state index is 14.6. The smallest absolute Gasteiger partial charge is 0.251 e. The minimum Gasteiger partial charge on any atom is -0.396 e. The van der Waals surface area contributed by atoms with Crippen molar-refractivity contribution < 1.29 is 19.5 Å². The molecular weight excluding hydrogens is 570 g/mol. The van der Waals surface area contributed by atoms with E-state index in [4.69, 9.17) is 11.6 Å². The first-order chi connectivity index (χ1) is 20.3. The van der Waals surface area contributed by atoms with E-state index in [1.807, 2.05) is 66.4 Å². The molecule has 0 aromatic heterocycles. The Hall–Kier alpha value is -3.07. The van der Waals surface area contributed by atoms with Crippen molar-refractivity contribution in [1.82, 2.24) is 9.80 Å². The third-order valence-electron chi connectivity index (χ3n) is 9.05. The van der Waals surface area contributed by atoms with Crippen molar-refractivity contribution in [2.45, 2.75) is 48.3 Å². The van der Waals surface area contributed by atoms with Crippen molar-refractivity contribution in [2.75, 3.05) is 31.1 Å². The maximum atomic E-state index is 14.6. The van der Waals surface area contributed by atoms with Crippen molar-refractivity contribution >= 4 is 46.8 Å². The van der Waals surface area contributed by atoms with Crippen LogP contribution in [0.2, 0.25) is 5.02 Å². The second kappa shape index (κ2) is 11.5. The van der Waals surface area contributed by atoms with Crippen LogP contribution in [0, 0.1) is 11.8 Å². The zero-order valence-corrected chi connectivity index (χ0v) is 25.3. The van der Waals surface area contributed by atoms with Crippen LogP contribution in [0.5, 0.6) is 0 Å². The summed E-state index contributed by atoms with van der Waals surface area (Å²) in [7, 11) is 0. The summed E-state index contributed by atoms with van der Waals surface area (Å²) in [6, 6.07) is 16.3. The van der Waals surface area contributed by atoms with Crippen LogP contribution in [0.15, 0.2) is 78.9 Å². The van der Waals surface area contributed by atoms with Gasteiger partial charge in [0.1, 0.15) is 6.04 Å². The number of amides is 3. The maximum Gasteiger partial charge on any atom is 0.251 e. The lowest BCUT2D eigenvalue weighted by Gasteiger charge is -2.37. The SMILES string of the molecule is C[C@]12C=CCN(Cc3ccccc3)C(=O)[C@H]1[C@H]1C(=O)N(CCCCCO)C3C(=O)N(c4ccc(Cl)cc4)CC=C[C@@]31S2. The minimum atomic E-state index is -0.887. The molecule has 2 fully saturated rings. The minimum absolute atomic E-state index is 0.0467. The number of nitrogens with zero attached hydrogens (tertiary/aromatic N) is 3. The summed E-state index contributed by atoms with van der Waals surface area (Å²) in [6.07, 6.45) is 10.2. The van der Waals surface area contributed by atoms with Gasteiger partial charge >= 0.3 is 0 Å². The molecule has 0 aliphatic carbocycles. The molecule has 2 aromatic carbocycles. The molecule has 2 saturated heterocycles. The van der Waals surface area contributed by atoms with Gasteiger partial charge in [0.15, 0.2) is 0 Å². The number of anilines is 1. The first kappa shape index (κ1) is 29.0. The summed E-state index contributed by atoms with van der Waals surface area (Å²) in [6.45, 7) is 3.84. The molecule has 4 aliphatic rings. The van der Waals surface area contributed by atoms with Gasteiger partial charge in [-0.1, -0.05) is 66.2 Å². The molecule has 1 unspecified atom stereocenters. The number of likely N-dealkylation sites (tertiary alicyclic amines) is 1. The van der Waals surface area contributed by atoms with Gasteiger partial charge in [-0.05, 0) is 56.0 Å². The van der Waals surface area contributed by atoms with E-state index in [2.05, 4.69) is 12.2 Å². The average Bonchev–Trinajstić information content (AvgIpc) is 3.25. The number of fused-ring (bicyclic) bond motifs is 2. The molecule has 4 aliphatic heterocycles. The van der Waals surface area contributed by atoms with Gasteiger partial charge in [-0.2, -0.15) is 0 Å². The fourth-order valence-electron chi connectivity index (χ4n) is 7.18. The highest BCUT2D eigenvalue weighted by Gasteiger charge is 2.73. The highest BCUT2D eigenvalue weighted by atomic mass is 35.5. The zero-order valence-electron chi connectivity index (χ0n) is 23.7. The number of aliphatic hydroxyl groups is 1. The van der Waals surface area contributed by atoms with E-state index in [-0.39, 0.29) is 24.3 Å². The molecule has 5 atom stereocenters. The molecule has 2 aromatic rings. The predicted octanol–water partition coefficient (Wildman–Crippen LogP) is 4.69. The van der Waals surface area contributed by atoms with Gasteiger partial charge in [-0.15, -0.1) is 11.8 Å². The van der Waals surface area contributed by atoms with Gasteiger partial charge in [-0.25, -0.2) is 0 Å². The second-order valence-corrected chi connectivity index (χ2v) is 14.0. The van der Waals surface area contributed by atoms with Crippen LogP contribution in [0.25, 0.3) is 0 Å². The summed E-state index contributed by atoms with van der Waals surface area (Å²) in [5.41, 5.74) is 1.75. The molecular formula is C33H36ClN3O4S. The van der Waals surface area contributed by atoms with Crippen molar-refractivity contribution in [2.24, 2.45) is 11.8 Å². The quantitative estimate of drug-likeness (QED) is 0.349. The van der Waals surface area contributed by atoms with E-state index < -0.39 is 27.4 Å². The predicted molar refractivity (Wildman–Crippen MR) is 166 cm³/mol. The summed E-state index contributed by atoms with van der Waals surface area (Å²) in [4.78, 5) is 48.8. The Labute approximate surface area is 256 Å². The summed E-state index contributed by atoms with van der Waals surface area (Å²) >= 11 is 7.75. The number of carbonyl (C=O) groups excluding carboxylic acids is 3. The summed E-state index contributed by atoms with van der Waals surface area (Å²) in [5, 5.41) is 9.90. The summed E-state index contributed by atoms with van der Waals surface area (Å²) < 4.78 is -1.54. The molecule has 6 rings (SSSR count). The Morgan fingerprint density at radius 1 is 0.881 bits per heavy atom. The monoisotopic (exact) mass is 605 g/mol. The van der Waals surface area contributed by atoms with Crippen molar-refractivity contribution in [1.29, 1.82) is 0 Å². The van der Waals surface area contributed by atoms with E-state index in [1.54, 1.807) is 33.7 Å². The highest BCUT2D eigenvalue weighted by Crippen LogP contribution is 2.65. The normalized spacial score (nSPS) is 30.3. The number of unbranched alkanes of at least 4 members (excludes halogenated alkanes) is 2. The topological polar surface area (TPSA) is 81.2 Å². The lowest BCUT2D eigenvalue weighted by atomic mass is 9.74. The van der Waals surface area contributed by atoms with Gasteiger partial charge < -0.3 is 19.8 Å². The van der Waals surface area contributed by atoms with Gasteiger partial charge in [0.2, 0.25) is 11.8 Å². The van der Waals surface area contributed by atoms with Crippen molar-refractivity contribution in [3.8, 4) is 0 Å². The Morgan fingerprint density at radius 3 is 2.36 bits per heavy atom. The second-order valence-electron chi connectivity index (χ2n) is 11.7. The molecule has 42 heavy (non-hydrogen) atoms. The molecule has 0 saturated carbocycles. The van der Waals surface area contributed by atoms with E-state index in [0.717, 1.165) is 17.7 Å². The molecule has 0 bridgehead atoms. The largest absolute Gasteiger partial charge is 0.396 e. The molecule has 4 heterocycles. The van der Waals surface area contributed by atoms with Crippen LogP contribution >= 0.6 is 23.4 Å². The van der Waals surface area contributed by atoms with Gasteiger partial charge in [0, 0.05) is 48.2 Å². The molecule has 3 amide bonds. The van der Waals surface area contributed by atoms with Gasteiger partial charge in [0.25, 0.3) is 5.91 Å². The van der Waals surface area contributed by atoms with E-state index in [0.29, 0.717) is 44.0 Å².